The van der Waals surface area contributed by atoms with Crippen molar-refractivity contribution in [3.8, 4) is 0 Å². The van der Waals surface area contributed by atoms with Crippen LogP contribution in [0.25, 0.3) is 0 Å². The fourth-order valence-corrected chi connectivity index (χ4v) is 3.52. The second-order valence-corrected chi connectivity index (χ2v) is 6.42. The van der Waals surface area contributed by atoms with E-state index in [2.05, 4.69) is 10.6 Å². The van der Waals surface area contributed by atoms with Crippen LogP contribution in [0.5, 0.6) is 0 Å². The third-order valence-corrected chi connectivity index (χ3v) is 4.88. The van der Waals surface area contributed by atoms with Gasteiger partial charge in [-0.15, -0.1) is 0 Å². The van der Waals surface area contributed by atoms with Crippen LogP contribution in [0.1, 0.15) is 21.5 Å². The Morgan fingerprint density at radius 2 is 2.13 bits per heavy atom. The molecule has 4 nitrogen and oxygen atoms in total. The van der Waals surface area contributed by atoms with Crippen LogP contribution in [0.2, 0.25) is 0 Å². The Balaban J connectivity index is 1.64. The van der Waals surface area contributed by atoms with Gasteiger partial charge in [0.05, 0.1) is 11.3 Å². The van der Waals surface area contributed by atoms with Crippen molar-refractivity contribution in [3.05, 3.63) is 51.5 Å². The number of halogens is 1. The molecule has 1 aromatic carbocycles. The standard InChI is InChI=1S/C17H20FN3OS/c1-12-10-23-11-14(12)17(22)20-9-13-2-3-16(15(18)8-13)21-6-4-19-5-7-21/h2-3,8,10-11,19H,4-7,9H2,1H3,(H,20,22). The maximum Gasteiger partial charge on any atom is 0.252 e. The molecule has 1 aromatic heterocycles. The van der Waals surface area contributed by atoms with Crippen molar-refractivity contribution in [1.29, 1.82) is 0 Å². The van der Waals surface area contributed by atoms with Gasteiger partial charge < -0.3 is 15.5 Å². The summed E-state index contributed by atoms with van der Waals surface area (Å²) in [7, 11) is 0. The van der Waals surface area contributed by atoms with Gasteiger partial charge in [0.1, 0.15) is 5.82 Å². The molecule has 0 atom stereocenters. The summed E-state index contributed by atoms with van der Waals surface area (Å²) >= 11 is 1.50. The van der Waals surface area contributed by atoms with E-state index in [4.69, 9.17) is 0 Å². The number of nitrogens with zero attached hydrogens (tertiary/aromatic N) is 1. The molecule has 1 saturated heterocycles. The SMILES string of the molecule is Cc1cscc1C(=O)NCc1ccc(N2CCNCC2)c(F)c1. The van der Waals surface area contributed by atoms with Crippen LogP contribution in [-0.2, 0) is 6.54 Å². The number of rotatable bonds is 4. The first-order valence-electron chi connectivity index (χ1n) is 7.70. The molecule has 0 spiro atoms. The van der Waals surface area contributed by atoms with Crippen molar-refractivity contribution in [2.24, 2.45) is 0 Å². The second kappa shape index (κ2) is 7.10. The number of piperazine rings is 1. The highest BCUT2D eigenvalue weighted by atomic mass is 32.1. The van der Waals surface area contributed by atoms with Crippen molar-refractivity contribution >= 4 is 22.9 Å². The normalized spacial score (nSPS) is 14.8. The highest BCUT2D eigenvalue weighted by molar-refractivity contribution is 7.08. The minimum Gasteiger partial charge on any atom is -0.367 e. The summed E-state index contributed by atoms with van der Waals surface area (Å²) in [4.78, 5) is 14.1. The van der Waals surface area contributed by atoms with E-state index in [-0.39, 0.29) is 11.7 Å². The zero-order chi connectivity index (χ0) is 16.2. The summed E-state index contributed by atoms with van der Waals surface area (Å²) in [6.07, 6.45) is 0. The van der Waals surface area contributed by atoms with Gasteiger partial charge in [0.2, 0.25) is 0 Å². The monoisotopic (exact) mass is 333 g/mol. The van der Waals surface area contributed by atoms with Gasteiger partial charge in [-0.2, -0.15) is 11.3 Å². The number of carbonyl (C=O) groups excluding carboxylic acids is 1. The molecule has 0 aliphatic carbocycles. The van der Waals surface area contributed by atoms with Crippen LogP contribution in [0.15, 0.2) is 29.0 Å². The summed E-state index contributed by atoms with van der Waals surface area (Å²) < 4.78 is 14.3. The van der Waals surface area contributed by atoms with Crippen LogP contribution in [-0.4, -0.2) is 32.1 Å². The van der Waals surface area contributed by atoms with Gasteiger partial charge in [-0.1, -0.05) is 6.07 Å². The lowest BCUT2D eigenvalue weighted by Gasteiger charge is -2.29. The van der Waals surface area contributed by atoms with E-state index in [0.717, 1.165) is 37.3 Å². The van der Waals surface area contributed by atoms with Gasteiger partial charge in [-0.05, 0) is 35.6 Å². The quantitative estimate of drug-likeness (QED) is 0.904. The average Bonchev–Trinajstić information content (AvgIpc) is 3.00. The zero-order valence-corrected chi connectivity index (χ0v) is 13.9. The predicted octanol–water partition coefficient (Wildman–Crippen LogP) is 2.54. The first-order valence-corrected chi connectivity index (χ1v) is 8.64. The van der Waals surface area contributed by atoms with Crippen molar-refractivity contribution in [2.45, 2.75) is 13.5 Å². The van der Waals surface area contributed by atoms with Crippen molar-refractivity contribution in [2.75, 3.05) is 31.1 Å². The molecule has 2 N–H and O–H groups in total. The number of carbonyl (C=O) groups is 1. The Labute approximate surface area is 139 Å². The number of nitrogens with one attached hydrogen (secondary N) is 2. The molecular weight excluding hydrogens is 313 g/mol. The highest BCUT2D eigenvalue weighted by Crippen LogP contribution is 2.21. The summed E-state index contributed by atoms with van der Waals surface area (Å²) in [5.74, 6) is -0.347. The average molecular weight is 333 g/mol. The molecule has 2 heterocycles. The number of aryl methyl sites for hydroxylation is 1. The maximum atomic E-state index is 14.3. The first-order chi connectivity index (χ1) is 11.1. The number of amides is 1. The Hall–Kier alpha value is -1.92. The largest absolute Gasteiger partial charge is 0.367 e. The maximum absolute atomic E-state index is 14.3. The molecule has 1 aliphatic heterocycles. The van der Waals surface area contributed by atoms with E-state index in [0.29, 0.717) is 17.8 Å². The number of thiophene rings is 1. The lowest BCUT2D eigenvalue weighted by atomic mass is 10.1. The summed E-state index contributed by atoms with van der Waals surface area (Å²) in [5, 5.41) is 9.87. The second-order valence-electron chi connectivity index (χ2n) is 5.67. The number of hydrogen-bond donors (Lipinski definition) is 2. The van der Waals surface area contributed by atoms with Crippen molar-refractivity contribution in [3.63, 3.8) is 0 Å². The third-order valence-electron chi connectivity index (χ3n) is 4.02. The van der Waals surface area contributed by atoms with E-state index in [1.54, 1.807) is 6.07 Å². The minimum absolute atomic E-state index is 0.115. The van der Waals surface area contributed by atoms with Gasteiger partial charge >= 0.3 is 0 Å². The van der Waals surface area contributed by atoms with Crippen LogP contribution in [0, 0.1) is 12.7 Å². The van der Waals surface area contributed by atoms with E-state index in [1.165, 1.54) is 17.4 Å². The van der Waals surface area contributed by atoms with Gasteiger partial charge in [-0.25, -0.2) is 4.39 Å². The van der Waals surface area contributed by atoms with Crippen LogP contribution < -0.4 is 15.5 Å². The van der Waals surface area contributed by atoms with Crippen LogP contribution in [0.4, 0.5) is 10.1 Å². The molecule has 0 saturated carbocycles. The van der Waals surface area contributed by atoms with Crippen LogP contribution >= 0.6 is 11.3 Å². The van der Waals surface area contributed by atoms with Crippen molar-refractivity contribution in [1.82, 2.24) is 10.6 Å². The third kappa shape index (κ3) is 3.71. The molecule has 3 rings (SSSR count). The van der Waals surface area contributed by atoms with Crippen LogP contribution in [0.3, 0.4) is 0 Å². The van der Waals surface area contributed by atoms with E-state index in [1.807, 2.05) is 28.7 Å². The van der Waals surface area contributed by atoms with Gasteiger partial charge in [0, 0.05) is 38.1 Å². The number of hydrogen-bond acceptors (Lipinski definition) is 4. The topological polar surface area (TPSA) is 44.4 Å². The number of benzene rings is 1. The Morgan fingerprint density at radius 1 is 1.35 bits per heavy atom. The molecule has 122 valence electrons. The highest BCUT2D eigenvalue weighted by Gasteiger charge is 2.15. The smallest absolute Gasteiger partial charge is 0.252 e. The predicted molar refractivity (Wildman–Crippen MR) is 91.7 cm³/mol. The Morgan fingerprint density at radius 3 is 2.78 bits per heavy atom. The molecule has 23 heavy (non-hydrogen) atoms. The molecule has 0 unspecified atom stereocenters. The van der Waals surface area contributed by atoms with Crippen molar-refractivity contribution < 1.29 is 9.18 Å². The van der Waals surface area contributed by atoms with E-state index >= 15 is 0 Å². The molecule has 0 radical (unpaired) electrons. The number of anilines is 1. The molecule has 1 amide bonds. The molecule has 6 heteroatoms. The molecule has 1 fully saturated rings. The summed E-state index contributed by atoms with van der Waals surface area (Å²) in [6, 6.07) is 5.19. The fourth-order valence-electron chi connectivity index (χ4n) is 2.69. The molecule has 1 aliphatic rings. The summed E-state index contributed by atoms with van der Waals surface area (Å²) in [5.41, 5.74) is 3.05. The van der Waals surface area contributed by atoms with Gasteiger partial charge in [-0.3, -0.25) is 4.79 Å². The molecule has 0 bridgehead atoms. The Kier molecular flexibility index (Phi) is 4.93. The Bertz CT molecular complexity index is 695. The van der Waals surface area contributed by atoms with Gasteiger partial charge in [0.25, 0.3) is 5.91 Å². The lowest BCUT2D eigenvalue weighted by Crippen LogP contribution is -2.43. The molecule has 2 aromatic rings. The lowest BCUT2D eigenvalue weighted by molar-refractivity contribution is 0.0950. The van der Waals surface area contributed by atoms with E-state index in [9.17, 15) is 9.18 Å². The zero-order valence-electron chi connectivity index (χ0n) is 13.1. The first kappa shape index (κ1) is 16.0. The summed E-state index contributed by atoms with van der Waals surface area (Å²) in [6.45, 7) is 5.60. The van der Waals surface area contributed by atoms with E-state index < -0.39 is 0 Å². The van der Waals surface area contributed by atoms with Gasteiger partial charge in [0.15, 0.2) is 0 Å². The minimum atomic E-state index is -0.231. The fraction of sp³-hybridized carbons (Fsp3) is 0.353. The molecular formula is C17H20FN3OS.